The van der Waals surface area contributed by atoms with Gasteiger partial charge in [0.15, 0.2) is 0 Å². The lowest BCUT2D eigenvalue weighted by Crippen LogP contribution is -2.13. The summed E-state index contributed by atoms with van der Waals surface area (Å²) in [6.45, 7) is 4.41. The van der Waals surface area contributed by atoms with Crippen LogP contribution < -0.4 is 5.32 Å². The lowest BCUT2D eigenvalue weighted by molar-refractivity contribution is 0.764. The van der Waals surface area contributed by atoms with Crippen LogP contribution in [-0.2, 0) is 5.75 Å². The second kappa shape index (κ2) is 5.97. The minimum atomic E-state index is 0.555. The monoisotopic (exact) mass is 209 g/mol. The topological polar surface area (TPSA) is 12.0 Å². The molecule has 1 unspecified atom stereocenters. The molecule has 1 atom stereocenters. The van der Waals surface area contributed by atoms with Crippen LogP contribution in [0, 0.1) is 0 Å². The number of hydrogen-bond acceptors (Lipinski definition) is 2. The third-order valence-electron chi connectivity index (χ3n) is 2.26. The van der Waals surface area contributed by atoms with E-state index in [0.29, 0.717) is 6.04 Å². The van der Waals surface area contributed by atoms with Gasteiger partial charge >= 0.3 is 0 Å². The Labute approximate surface area is 91.3 Å². The van der Waals surface area contributed by atoms with Crippen LogP contribution in [0.3, 0.4) is 0 Å². The zero-order chi connectivity index (χ0) is 10.4. The summed E-state index contributed by atoms with van der Waals surface area (Å²) in [4.78, 5) is 0. The zero-order valence-electron chi connectivity index (χ0n) is 9.21. The van der Waals surface area contributed by atoms with Crippen molar-refractivity contribution in [3.05, 3.63) is 29.8 Å². The molecule has 0 radical (unpaired) electrons. The Morgan fingerprint density at radius 3 is 2.86 bits per heavy atom. The normalized spacial score (nSPS) is 12.5. The summed E-state index contributed by atoms with van der Waals surface area (Å²) in [7, 11) is 0. The van der Waals surface area contributed by atoms with Gasteiger partial charge in [0.2, 0.25) is 0 Å². The smallest absolute Gasteiger partial charge is 0.0345 e. The van der Waals surface area contributed by atoms with Gasteiger partial charge in [0, 0.05) is 17.5 Å². The zero-order valence-corrected chi connectivity index (χ0v) is 10.0. The first kappa shape index (κ1) is 11.4. The highest BCUT2D eigenvalue weighted by Gasteiger charge is 1.99. The van der Waals surface area contributed by atoms with Gasteiger partial charge in [-0.3, -0.25) is 0 Å². The first-order chi connectivity index (χ1) is 6.76. The SMILES string of the molecule is CCC(C)Nc1cccc(CSC)c1. The molecule has 0 aromatic heterocycles. The number of hydrogen-bond donors (Lipinski definition) is 1. The molecule has 78 valence electrons. The van der Waals surface area contributed by atoms with Gasteiger partial charge in [0.1, 0.15) is 0 Å². The van der Waals surface area contributed by atoms with E-state index in [4.69, 9.17) is 0 Å². The standard InChI is InChI=1S/C12H19NS/c1-4-10(2)13-12-7-5-6-11(8-12)9-14-3/h5-8,10,13H,4,9H2,1-3H3. The van der Waals surface area contributed by atoms with E-state index in [9.17, 15) is 0 Å². The molecule has 0 fully saturated rings. The van der Waals surface area contributed by atoms with Gasteiger partial charge in [-0.05, 0) is 37.3 Å². The maximum Gasteiger partial charge on any atom is 0.0345 e. The average molecular weight is 209 g/mol. The Balaban J connectivity index is 2.63. The molecule has 0 saturated carbocycles. The van der Waals surface area contributed by atoms with E-state index in [0.717, 1.165) is 12.2 Å². The van der Waals surface area contributed by atoms with E-state index in [-0.39, 0.29) is 0 Å². The van der Waals surface area contributed by atoms with Crippen LogP contribution >= 0.6 is 11.8 Å². The van der Waals surface area contributed by atoms with Crippen LogP contribution in [0.4, 0.5) is 5.69 Å². The molecule has 2 heteroatoms. The van der Waals surface area contributed by atoms with Crippen molar-refractivity contribution in [1.29, 1.82) is 0 Å². The van der Waals surface area contributed by atoms with Gasteiger partial charge in [-0.1, -0.05) is 19.1 Å². The van der Waals surface area contributed by atoms with Crippen LogP contribution in [0.25, 0.3) is 0 Å². The lowest BCUT2D eigenvalue weighted by Gasteiger charge is -2.13. The molecule has 0 saturated heterocycles. The number of thioether (sulfide) groups is 1. The first-order valence-electron chi connectivity index (χ1n) is 5.10. The highest BCUT2D eigenvalue weighted by Crippen LogP contribution is 2.16. The molecule has 1 aromatic carbocycles. The molecule has 1 rings (SSSR count). The fourth-order valence-electron chi connectivity index (χ4n) is 1.30. The minimum Gasteiger partial charge on any atom is -0.383 e. The Morgan fingerprint density at radius 2 is 2.21 bits per heavy atom. The van der Waals surface area contributed by atoms with Gasteiger partial charge in [0.25, 0.3) is 0 Å². The summed E-state index contributed by atoms with van der Waals surface area (Å²) in [5, 5.41) is 3.48. The maximum atomic E-state index is 3.48. The molecule has 0 heterocycles. The third kappa shape index (κ3) is 3.62. The van der Waals surface area contributed by atoms with E-state index in [2.05, 4.69) is 49.7 Å². The molecule has 14 heavy (non-hydrogen) atoms. The Hall–Kier alpha value is -0.630. The number of benzene rings is 1. The number of nitrogens with one attached hydrogen (secondary N) is 1. The van der Waals surface area contributed by atoms with Gasteiger partial charge < -0.3 is 5.32 Å². The molecule has 0 aliphatic carbocycles. The van der Waals surface area contributed by atoms with Gasteiger partial charge in [-0.25, -0.2) is 0 Å². The minimum absolute atomic E-state index is 0.555. The van der Waals surface area contributed by atoms with Crippen LogP contribution in [0.1, 0.15) is 25.8 Å². The maximum absolute atomic E-state index is 3.48. The van der Waals surface area contributed by atoms with E-state index >= 15 is 0 Å². The second-order valence-corrected chi connectivity index (χ2v) is 4.45. The first-order valence-corrected chi connectivity index (χ1v) is 6.50. The molecule has 0 aliphatic rings. The Morgan fingerprint density at radius 1 is 1.43 bits per heavy atom. The van der Waals surface area contributed by atoms with Crippen molar-refractivity contribution in [2.45, 2.75) is 32.1 Å². The second-order valence-electron chi connectivity index (χ2n) is 3.59. The fraction of sp³-hybridized carbons (Fsp3) is 0.500. The summed E-state index contributed by atoms with van der Waals surface area (Å²) in [6.07, 6.45) is 3.29. The highest BCUT2D eigenvalue weighted by atomic mass is 32.2. The lowest BCUT2D eigenvalue weighted by atomic mass is 10.2. The average Bonchev–Trinajstić information content (AvgIpc) is 2.19. The van der Waals surface area contributed by atoms with Gasteiger partial charge in [-0.2, -0.15) is 11.8 Å². The molecule has 0 amide bonds. The molecule has 1 aromatic rings. The van der Waals surface area contributed by atoms with Crippen molar-refractivity contribution in [2.75, 3.05) is 11.6 Å². The predicted molar refractivity (Wildman–Crippen MR) is 67.0 cm³/mol. The van der Waals surface area contributed by atoms with Crippen molar-refractivity contribution in [3.8, 4) is 0 Å². The largest absolute Gasteiger partial charge is 0.383 e. The van der Waals surface area contributed by atoms with E-state index < -0.39 is 0 Å². The van der Waals surface area contributed by atoms with Crippen LogP contribution in [-0.4, -0.2) is 12.3 Å². The summed E-state index contributed by atoms with van der Waals surface area (Å²) in [5.74, 6) is 1.09. The fourth-order valence-corrected chi connectivity index (χ4v) is 1.82. The number of rotatable bonds is 5. The summed E-state index contributed by atoms with van der Waals surface area (Å²) in [5.41, 5.74) is 2.64. The van der Waals surface area contributed by atoms with Crippen LogP contribution in [0.15, 0.2) is 24.3 Å². The molecule has 0 spiro atoms. The molecule has 1 N–H and O–H groups in total. The molecular weight excluding hydrogens is 190 g/mol. The van der Waals surface area contributed by atoms with Crippen molar-refractivity contribution < 1.29 is 0 Å². The third-order valence-corrected chi connectivity index (χ3v) is 2.89. The Kier molecular flexibility index (Phi) is 4.88. The Bertz CT molecular complexity index is 273. The summed E-state index contributed by atoms with van der Waals surface area (Å²) < 4.78 is 0. The quantitative estimate of drug-likeness (QED) is 0.792. The van der Waals surface area contributed by atoms with Crippen molar-refractivity contribution in [2.24, 2.45) is 0 Å². The van der Waals surface area contributed by atoms with Gasteiger partial charge in [0.05, 0.1) is 0 Å². The van der Waals surface area contributed by atoms with E-state index in [1.165, 1.54) is 11.3 Å². The summed E-state index contributed by atoms with van der Waals surface area (Å²) in [6, 6.07) is 9.23. The number of anilines is 1. The van der Waals surface area contributed by atoms with Crippen molar-refractivity contribution in [1.82, 2.24) is 0 Å². The molecule has 0 aliphatic heterocycles. The van der Waals surface area contributed by atoms with Gasteiger partial charge in [-0.15, -0.1) is 0 Å². The summed E-state index contributed by atoms with van der Waals surface area (Å²) >= 11 is 1.86. The van der Waals surface area contributed by atoms with E-state index in [1.54, 1.807) is 0 Å². The van der Waals surface area contributed by atoms with Crippen LogP contribution in [0.2, 0.25) is 0 Å². The molecular formula is C12H19NS. The molecule has 0 bridgehead atoms. The van der Waals surface area contributed by atoms with E-state index in [1.807, 2.05) is 11.8 Å². The molecule has 1 nitrogen and oxygen atoms in total. The predicted octanol–water partition coefficient (Wildman–Crippen LogP) is 3.76. The van der Waals surface area contributed by atoms with Crippen molar-refractivity contribution in [3.63, 3.8) is 0 Å². The highest BCUT2D eigenvalue weighted by molar-refractivity contribution is 7.97. The van der Waals surface area contributed by atoms with Crippen molar-refractivity contribution >= 4 is 17.4 Å². The van der Waals surface area contributed by atoms with Crippen LogP contribution in [0.5, 0.6) is 0 Å².